The second-order valence-corrected chi connectivity index (χ2v) is 5.05. The van der Waals surface area contributed by atoms with Gasteiger partial charge in [0.05, 0.1) is 12.0 Å². The van der Waals surface area contributed by atoms with Crippen molar-refractivity contribution in [2.24, 2.45) is 0 Å². The van der Waals surface area contributed by atoms with E-state index in [1.165, 1.54) is 12.1 Å². The van der Waals surface area contributed by atoms with E-state index in [9.17, 15) is 18.0 Å². The Balaban J connectivity index is 1.84. The maximum atomic E-state index is 12.2. The lowest BCUT2D eigenvalue weighted by Crippen LogP contribution is -2.47. The van der Waals surface area contributed by atoms with E-state index in [1.807, 2.05) is 0 Å². The summed E-state index contributed by atoms with van der Waals surface area (Å²) < 4.78 is 36.5. The first-order valence-electron chi connectivity index (χ1n) is 6.72. The zero-order chi connectivity index (χ0) is 15.5. The fourth-order valence-corrected chi connectivity index (χ4v) is 2.33. The van der Waals surface area contributed by atoms with Gasteiger partial charge in [0.25, 0.3) is 0 Å². The molecule has 1 aromatic rings. The van der Waals surface area contributed by atoms with Gasteiger partial charge in [-0.2, -0.15) is 13.2 Å². The van der Waals surface area contributed by atoms with Crippen molar-refractivity contribution in [1.29, 1.82) is 0 Å². The van der Waals surface area contributed by atoms with E-state index in [4.69, 9.17) is 5.11 Å². The molecule has 1 aliphatic rings. The fraction of sp³-hybridized carbons (Fsp3) is 0.500. The molecule has 1 heterocycles. The van der Waals surface area contributed by atoms with Gasteiger partial charge in [-0.15, -0.1) is 0 Å². The largest absolute Gasteiger partial charge is 0.478 e. The van der Waals surface area contributed by atoms with Crippen LogP contribution >= 0.6 is 0 Å². The summed E-state index contributed by atoms with van der Waals surface area (Å²) in [5, 5.41) is 8.83. The van der Waals surface area contributed by atoms with Crippen LogP contribution in [0.1, 0.15) is 16.8 Å². The molecule has 1 aromatic carbocycles. The van der Waals surface area contributed by atoms with Crippen molar-refractivity contribution in [3.8, 4) is 0 Å². The van der Waals surface area contributed by atoms with E-state index in [1.54, 1.807) is 17.0 Å². The molecule has 0 saturated carbocycles. The SMILES string of the molecule is O=C(O)c1ccc(N2CCN(CCC(F)(F)F)CC2)cc1. The summed E-state index contributed by atoms with van der Waals surface area (Å²) in [6, 6.07) is 6.53. The monoisotopic (exact) mass is 302 g/mol. The fourth-order valence-electron chi connectivity index (χ4n) is 2.33. The molecule has 0 amide bonds. The van der Waals surface area contributed by atoms with Crippen molar-refractivity contribution < 1.29 is 23.1 Å². The van der Waals surface area contributed by atoms with E-state index < -0.39 is 18.6 Å². The summed E-state index contributed by atoms with van der Waals surface area (Å²) in [4.78, 5) is 14.6. The number of halogens is 3. The average Bonchev–Trinajstić information content (AvgIpc) is 2.45. The van der Waals surface area contributed by atoms with Crippen LogP contribution in [0.15, 0.2) is 24.3 Å². The molecule has 0 aromatic heterocycles. The van der Waals surface area contributed by atoms with Gasteiger partial charge in [-0.25, -0.2) is 4.79 Å². The molecule has 2 rings (SSSR count). The molecule has 4 nitrogen and oxygen atoms in total. The lowest BCUT2D eigenvalue weighted by atomic mass is 10.2. The zero-order valence-corrected chi connectivity index (χ0v) is 11.4. The van der Waals surface area contributed by atoms with Crippen LogP contribution in [-0.2, 0) is 0 Å². The van der Waals surface area contributed by atoms with E-state index in [-0.39, 0.29) is 12.1 Å². The number of carboxylic acid groups (broad SMARTS) is 1. The van der Waals surface area contributed by atoms with E-state index in [2.05, 4.69) is 4.90 Å². The molecule has 0 unspecified atom stereocenters. The van der Waals surface area contributed by atoms with Crippen LogP contribution in [0.3, 0.4) is 0 Å². The number of benzene rings is 1. The lowest BCUT2D eigenvalue weighted by molar-refractivity contribution is -0.138. The molecule has 1 N–H and O–H groups in total. The third-order valence-corrected chi connectivity index (χ3v) is 3.56. The minimum atomic E-state index is -4.11. The summed E-state index contributed by atoms with van der Waals surface area (Å²) in [7, 11) is 0. The molecule has 0 spiro atoms. The van der Waals surface area contributed by atoms with Gasteiger partial charge in [0, 0.05) is 38.4 Å². The molecule has 0 bridgehead atoms. The Hall–Kier alpha value is -1.76. The Morgan fingerprint density at radius 2 is 1.67 bits per heavy atom. The van der Waals surface area contributed by atoms with Gasteiger partial charge in [-0.3, -0.25) is 4.90 Å². The normalized spacial score (nSPS) is 17.0. The number of rotatable bonds is 4. The number of carboxylic acids is 1. The van der Waals surface area contributed by atoms with Crippen molar-refractivity contribution in [2.45, 2.75) is 12.6 Å². The topological polar surface area (TPSA) is 43.8 Å². The molecule has 1 aliphatic heterocycles. The van der Waals surface area contributed by atoms with Crippen molar-refractivity contribution >= 4 is 11.7 Å². The highest BCUT2D eigenvalue weighted by Crippen LogP contribution is 2.21. The average molecular weight is 302 g/mol. The minimum absolute atomic E-state index is 0.0370. The van der Waals surface area contributed by atoms with Crippen LogP contribution in [0, 0.1) is 0 Å². The van der Waals surface area contributed by atoms with Gasteiger partial charge in [0.15, 0.2) is 0 Å². The summed E-state index contributed by atoms with van der Waals surface area (Å²) in [6.45, 7) is 2.48. The standard InChI is InChI=1S/C14H17F3N2O2/c15-14(16,17)5-6-18-7-9-19(10-8-18)12-3-1-11(2-4-12)13(20)21/h1-4H,5-10H2,(H,20,21). The quantitative estimate of drug-likeness (QED) is 0.928. The Labute approximate surface area is 120 Å². The number of hydrogen-bond acceptors (Lipinski definition) is 3. The van der Waals surface area contributed by atoms with Gasteiger partial charge in [0.2, 0.25) is 0 Å². The van der Waals surface area contributed by atoms with Crippen molar-refractivity contribution in [2.75, 3.05) is 37.6 Å². The number of anilines is 1. The number of piperazine rings is 1. The second-order valence-electron chi connectivity index (χ2n) is 5.05. The molecule has 116 valence electrons. The van der Waals surface area contributed by atoms with Gasteiger partial charge in [-0.1, -0.05) is 0 Å². The van der Waals surface area contributed by atoms with Crippen LogP contribution in [0.2, 0.25) is 0 Å². The Bertz CT molecular complexity index is 480. The third-order valence-electron chi connectivity index (χ3n) is 3.56. The Morgan fingerprint density at radius 3 is 2.14 bits per heavy atom. The zero-order valence-electron chi connectivity index (χ0n) is 11.4. The van der Waals surface area contributed by atoms with Crippen LogP contribution in [-0.4, -0.2) is 54.9 Å². The van der Waals surface area contributed by atoms with E-state index in [0.717, 1.165) is 5.69 Å². The van der Waals surface area contributed by atoms with Crippen LogP contribution in [0.25, 0.3) is 0 Å². The first kappa shape index (κ1) is 15.6. The maximum Gasteiger partial charge on any atom is 0.390 e. The van der Waals surface area contributed by atoms with Gasteiger partial charge < -0.3 is 10.0 Å². The summed E-state index contributed by atoms with van der Waals surface area (Å²) in [6.07, 6.45) is -4.88. The molecular weight excluding hydrogens is 285 g/mol. The highest BCUT2D eigenvalue weighted by molar-refractivity contribution is 5.88. The summed E-state index contributed by atoms with van der Waals surface area (Å²) in [5.74, 6) is -0.974. The van der Waals surface area contributed by atoms with Crippen LogP contribution < -0.4 is 4.90 Å². The van der Waals surface area contributed by atoms with Crippen LogP contribution in [0.5, 0.6) is 0 Å². The Morgan fingerprint density at radius 1 is 1.10 bits per heavy atom. The molecule has 0 aliphatic carbocycles. The maximum absolute atomic E-state index is 12.2. The summed E-state index contributed by atoms with van der Waals surface area (Å²) >= 11 is 0. The summed E-state index contributed by atoms with van der Waals surface area (Å²) in [5.41, 5.74) is 1.12. The first-order chi connectivity index (χ1) is 9.85. The number of hydrogen-bond donors (Lipinski definition) is 1. The molecule has 21 heavy (non-hydrogen) atoms. The molecular formula is C14H17F3N2O2. The van der Waals surface area contributed by atoms with Crippen LogP contribution in [0.4, 0.5) is 18.9 Å². The van der Waals surface area contributed by atoms with Gasteiger partial charge >= 0.3 is 12.1 Å². The number of aromatic carboxylic acids is 1. The first-order valence-corrected chi connectivity index (χ1v) is 6.72. The number of alkyl halides is 3. The Kier molecular flexibility index (Phi) is 4.72. The third kappa shape index (κ3) is 4.63. The van der Waals surface area contributed by atoms with Crippen molar-refractivity contribution in [3.05, 3.63) is 29.8 Å². The number of nitrogens with zero attached hydrogens (tertiary/aromatic N) is 2. The van der Waals surface area contributed by atoms with Crippen molar-refractivity contribution in [1.82, 2.24) is 4.90 Å². The minimum Gasteiger partial charge on any atom is -0.478 e. The highest BCUT2D eigenvalue weighted by atomic mass is 19.4. The van der Waals surface area contributed by atoms with E-state index >= 15 is 0 Å². The van der Waals surface area contributed by atoms with Gasteiger partial charge in [0.1, 0.15) is 0 Å². The molecule has 0 radical (unpaired) electrons. The van der Waals surface area contributed by atoms with Gasteiger partial charge in [-0.05, 0) is 24.3 Å². The predicted octanol–water partition coefficient (Wildman–Crippen LogP) is 2.46. The second kappa shape index (κ2) is 6.34. The van der Waals surface area contributed by atoms with E-state index in [0.29, 0.717) is 26.2 Å². The predicted molar refractivity (Wildman–Crippen MR) is 72.7 cm³/mol. The molecule has 1 fully saturated rings. The molecule has 1 saturated heterocycles. The molecule has 7 heteroatoms. The lowest BCUT2D eigenvalue weighted by Gasteiger charge is -2.36. The molecule has 0 atom stereocenters. The number of carbonyl (C=O) groups is 1. The smallest absolute Gasteiger partial charge is 0.390 e. The highest BCUT2D eigenvalue weighted by Gasteiger charge is 2.28. The van der Waals surface area contributed by atoms with Crippen molar-refractivity contribution in [3.63, 3.8) is 0 Å².